The molecule has 0 radical (unpaired) electrons. The highest BCUT2D eigenvalue weighted by Crippen LogP contribution is 2.30. The number of aryl methyl sites for hydroxylation is 1. The molecule has 1 amide bonds. The molecule has 188 valence electrons. The van der Waals surface area contributed by atoms with Crippen LogP contribution in [0.2, 0.25) is 5.02 Å². The van der Waals surface area contributed by atoms with E-state index in [0.29, 0.717) is 12.1 Å². The van der Waals surface area contributed by atoms with E-state index in [9.17, 15) is 9.59 Å². The van der Waals surface area contributed by atoms with Gasteiger partial charge in [-0.05, 0) is 62.7 Å². The van der Waals surface area contributed by atoms with Crippen LogP contribution in [-0.4, -0.2) is 60.8 Å². The highest BCUT2D eigenvalue weighted by atomic mass is 35.5. The number of carbonyl (C=O) groups is 2. The van der Waals surface area contributed by atoms with Crippen LogP contribution in [-0.2, 0) is 4.79 Å². The van der Waals surface area contributed by atoms with Gasteiger partial charge < -0.3 is 9.80 Å². The van der Waals surface area contributed by atoms with Crippen LogP contribution < -0.4 is 9.80 Å². The molecule has 2 aliphatic heterocycles. The van der Waals surface area contributed by atoms with Gasteiger partial charge in [0.05, 0.1) is 16.8 Å². The molecule has 0 unspecified atom stereocenters. The van der Waals surface area contributed by atoms with E-state index in [-0.39, 0.29) is 11.7 Å². The minimum atomic E-state index is -0.377. The van der Waals surface area contributed by atoms with Gasteiger partial charge in [0, 0.05) is 55.0 Å². The largest absolute Gasteiger partial charge is 0.368 e. The number of aromatic nitrogens is 1. The number of halogens is 1. The number of rotatable bonds is 9. The number of benzene rings is 2. The Bertz CT molecular complexity index is 1270. The minimum absolute atomic E-state index is 0.365. The second kappa shape index (κ2) is 11.0. The zero-order valence-corrected chi connectivity index (χ0v) is 21.6. The molecule has 2 aliphatic rings. The van der Waals surface area contributed by atoms with E-state index in [2.05, 4.69) is 26.9 Å². The Morgan fingerprint density at radius 1 is 0.833 bits per heavy atom. The summed E-state index contributed by atoms with van der Waals surface area (Å²) in [6, 6.07) is 13.7. The van der Waals surface area contributed by atoms with Gasteiger partial charge in [0.25, 0.3) is 11.7 Å². The molecule has 7 heteroatoms. The molecule has 0 bridgehead atoms. The van der Waals surface area contributed by atoms with Crippen molar-refractivity contribution < 1.29 is 9.59 Å². The number of fused-ring (bicyclic) bond motifs is 2. The Balaban J connectivity index is 1.00. The Kier molecular flexibility index (Phi) is 7.54. The molecule has 1 saturated heterocycles. The number of Topliss-reactive ketones (excluding diaryl/α,β-unsaturated/α-hetero) is 1. The van der Waals surface area contributed by atoms with Gasteiger partial charge in [0.15, 0.2) is 0 Å². The summed E-state index contributed by atoms with van der Waals surface area (Å²) in [5.41, 5.74) is 4.53. The van der Waals surface area contributed by atoms with Crippen LogP contribution in [0.1, 0.15) is 48.0 Å². The number of nitrogens with zero attached hydrogens (tertiary/aromatic N) is 4. The predicted molar refractivity (Wildman–Crippen MR) is 146 cm³/mol. The van der Waals surface area contributed by atoms with E-state index in [1.807, 2.05) is 43.5 Å². The average Bonchev–Trinajstić information content (AvgIpc) is 3.12. The molecule has 2 aromatic carbocycles. The topological polar surface area (TPSA) is 56.8 Å². The molecule has 3 aromatic rings. The first-order valence-corrected chi connectivity index (χ1v) is 13.4. The number of amides is 1. The molecule has 0 N–H and O–H groups in total. The van der Waals surface area contributed by atoms with Gasteiger partial charge in [-0.25, -0.2) is 0 Å². The highest BCUT2D eigenvalue weighted by Gasteiger charge is 2.35. The van der Waals surface area contributed by atoms with Crippen LogP contribution in [0, 0.1) is 6.92 Å². The van der Waals surface area contributed by atoms with Crippen LogP contribution in [0.15, 0.2) is 48.7 Å². The van der Waals surface area contributed by atoms with Crippen molar-refractivity contribution in [1.29, 1.82) is 0 Å². The van der Waals surface area contributed by atoms with Crippen molar-refractivity contribution in [1.82, 2.24) is 9.88 Å². The normalized spacial score (nSPS) is 16.3. The summed E-state index contributed by atoms with van der Waals surface area (Å²) in [7, 11) is 0. The van der Waals surface area contributed by atoms with E-state index in [1.54, 1.807) is 4.90 Å². The van der Waals surface area contributed by atoms with Crippen molar-refractivity contribution in [3.05, 3.63) is 64.8 Å². The lowest BCUT2D eigenvalue weighted by Gasteiger charge is -2.36. The number of unbranched alkanes of at least 4 members (excludes halogenated alkanes) is 4. The van der Waals surface area contributed by atoms with Gasteiger partial charge in [-0.1, -0.05) is 42.5 Å². The lowest BCUT2D eigenvalue weighted by Crippen LogP contribution is -2.46. The summed E-state index contributed by atoms with van der Waals surface area (Å²) in [5.74, 6) is -0.742. The molecule has 0 aliphatic carbocycles. The number of hydrogen-bond acceptors (Lipinski definition) is 5. The monoisotopic (exact) mass is 504 g/mol. The first-order chi connectivity index (χ1) is 17.5. The van der Waals surface area contributed by atoms with Gasteiger partial charge in [0.1, 0.15) is 0 Å². The van der Waals surface area contributed by atoms with Crippen LogP contribution in [0.3, 0.4) is 0 Å². The molecule has 0 spiro atoms. The van der Waals surface area contributed by atoms with Gasteiger partial charge in [-0.3, -0.25) is 19.5 Å². The van der Waals surface area contributed by atoms with Crippen LogP contribution in [0.25, 0.3) is 10.9 Å². The molecule has 6 nitrogen and oxygen atoms in total. The number of piperazine rings is 1. The zero-order valence-electron chi connectivity index (χ0n) is 20.9. The van der Waals surface area contributed by atoms with Crippen LogP contribution in [0.5, 0.6) is 0 Å². The third-order valence-corrected chi connectivity index (χ3v) is 7.61. The van der Waals surface area contributed by atoms with E-state index >= 15 is 0 Å². The van der Waals surface area contributed by atoms with E-state index in [0.717, 1.165) is 79.2 Å². The quantitative estimate of drug-likeness (QED) is 0.284. The van der Waals surface area contributed by atoms with Crippen molar-refractivity contribution in [2.24, 2.45) is 0 Å². The fraction of sp³-hybridized carbons (Fsp3) is 0.414. The molecule has 1 fully saturated rings. The maximum absolute atomic E-state index is 12.4. The summed E-state index contributed by atoms with van der Waals surface area (Å²) in [6.45, 7) is 7.88. The number of carbonyl (C=O) groups excluding carboxylic acids is 2. The lowest BCUT2D eigenvalue weighted by molar-refractivity contribution is -0.114. The smallest absolute Gasteiger partial charge is 0.299 e. The van der Waals surface area contributed by atoms with Gasteiger partial charge in [-0.2, -0.15) is 0 Å². The molecule has 0 atom stereocenters. The first-order valence-electron chi connectivity index (χ1n) is 13.0. The SMILES string of the molecule is Cc1ccc2c(c1)C(=O)C(=O)N2CCCCCCCN1CCN(c2ccnc3cc(Cl)ccc23)CC1. The maximum atomic E-state index is 12.4. The maximum Gasteiger partial charge on any atom is 0.299 e. The van der Waals surface area contributed by atoms with E-state index in [4.69, 9.17) is 11.6 Å². The number of ketones is 1. The van der Waals surface area contributed by atoms with Crippen molar-refractivity contribution in [2.75, 3.05) is 49.1 Å². The number of pyridine rings is 1. The van der Waals surface area contributed by atoms with E-state index in [1.165, 1.54) is 18.5 Å². The summed E-state index contributed by atoms with van der Waals surface area (Å²) >= 11 is 6.14. The number of hydrogen-bond donors (Lipinski definition) is 0. The minimum Gasteiger partial charge on any atom is -0.368 e. The summed E-state index contributed by atoms with van der Waals surface area (Å²) in [5, 5.41) is 1.88. The third kappa shape index (κ3) is 5.25. The molecule has 3 heterocycles. The first kappa shape index (κ1) is 24.7. The highest BCUT2D eigenvalue weighted by molar-refractivity contribution is 6.52. The van der Waals surface area contributed by atoms with Gasteiger partial charge in [-0.15, -0.1) is 0 Å². The molecular formula is C29H33ClN4O2. The lowest BCUT2D eigenvalue weighted by atomic mass is 10.1. The average molecular weight is 505 g/mol. The molecular weight excluding hydrogens is 472 g/mol. The Morgan fingerprint density at radius 3 is 2.39 bits per heavy atom. The Labute approximate surface area is 217 Å². The standard InChI is InChI=1S/C29H33ClN4O2/c1-21-7-10-27-24(19-21)28(35)29(36)34(27)14-6-4-2-3-5-13-32-15-17-33(18-16-32)26-11-12-31-25-20-22(30)8-9-23(25)26/h7-12,19-20H,2-6,13-18H2,1H3. The van der Waals surface area contributed by atoms with Crippen LogP contribution >= 0.6 is 11.6 Å². The Morgan fingerprint density at radius 2 is 1.58 bits per heavy atom. The van der Waals surface area contributed by atoms with Gasteiger partial charge in [0.2, 0.25) is 0 Å². The molecule has 0 saturated carbocycles. The fourth-order valence-corrected chi connectivity index (χ4v) is 5.53. The molecule has 1 aromatic heterocycles. The fourth-order valence-electron chi connectivity index (χ4n) is 5.37. The predicted octanol–water partition coefficient (Wildman–Crippen LogP) is 5.50. The third-order valence-electron chi connectivity index (χ3n) is 7.38. The van der Waals surface area contributed by atoms with Crippen LogP contribution in [0.4, 0.5) is 11.4 Å². The van der Waals surface area contributed by atoms with E-state index < -0.39 is 0 Å². The number of anilines is 2. The second-order valence-electron chi connectivity index (χ2n) is 9.89. The summed E-state index contributed by atoms with van der Waals surface area (Å²) in [6.07, 6.45) is 7.42. The summed E-state index contributed by atoms with van der Waals surface area (Å²) < 4.78 is 0. The second-order valence-corrected chi connectivity index (χ2v) is 10.3. The molecule has 5 rings (SSSR count). The van der Waals surface area contributed by atoms with Gasteiger partial charge >= 0.3 is 0 Å². The Hall–Kier alpha value is -2.96. The van der Waals surface area contributed by atoms with Crippen molar-refractivity contribution >= 4 is 45.6 Å². The molecule has 36 heavy (non-hydrogen) atoms. The zero-order chi connectivity index (χ0) is 25.1. The van der Waals surface area contributed by atoms with Crippen molar-refractivity contribution in [2.45, 2.75) is 39.0 Å². The van der Waals surface area contributed by atoms with Crippen molar-refractivity contribution in [3.63, 3.8) is 0 Å². The van der Waals surface area contributed by atoms with Crippen molar-refractivity contribution in [3.8, 4) is 0 Å². The summed E-state index contributed by atoms with van der Waals surface area (Å²) in [4.78, 5) is 35.8.